The predicted molar refractivity (Wildman–Crippen MR) is 86.2 cm³/mol. The van der Waals surface area contributed by atoms with Crippen molar-refractivity contribution in [3.63, 3.8) is 0 Å². The number of anilines is 1. The lowest BCUT2D eigenvalue weighted by Gasteiger charge is -2.15. The van der Waals surface area contributed by atoms with Crippen molar-refractivity contribution in [2.24, 2.45) is 11.8 Å². The number of rotatable bonds is 6. The largest absolute Gasteiger partial charge is 0.481 e. The van der Waals surface area contributed by atoms with Gasteiger partial charge < -0.3 is 10.8 Å². The van der Waals surface area contributed by atoms with Gasteiger partial charge in [0, 0.05) is 18.0 Å². The Kier molecular flexibility index (Phi) is 5.09. The fourth-order valence-corrected chi connectivity index (χ4v) is 2.49. The SMILES string of the molecule is CC(C)CC(Cc1cccc(-c2cnc(N)nc2)c1)C(=O)O. The summed E-state index contributed by atoms with van der Waals surface area (Å²) in [5.74, 6) is -0.509. The van der Waals surface area contributed by atoms with Crippen molar-refractivity contribution >= 4 is 11.9 Å². The van der Waals surface area contributed by atoms with Crippen LogP contribution in [0, 0.1) is 11.8 Å². The van der Waals surface area contributed by atoms with Crippen LogP contribution in [0.15, 0.2) is 36.7 Å². The number of carboxylic acids is 1. The first-order chi connectivity index (χ1) is 10.5. The van der Waals surface area contributed by atoms with E-state index in [4.69, 9.17) is 5.73 Å². The zero-order valence-electron chi connectivity index (χ0n) is 12.9. The summed E-state index contributed by atoms with van der Waals surface area (Å²) in [6, 6.07) is 7.83. The Morgan fingerprint density at radius 3 is 2.50 bits per heavy atom. The number of nitrogen functional groups attached to an aromatic ring is 1. The molecule has 1 aromatic carbocycles. The average molecular weight is 299 g/mol. The monoisotopic (exact) mass is 299 g/mol. The van der Waals surface area contributed by atoms with Gasteiger partial charge in [-0.05, 0) is 29.9 Å². The van der Waals surface area contributed by atoms with Gasteiger partial charge in [-0.1, -0.05) is 38.1 Å². The molecule has 2 aromatic rings. The van der Waals surface area contributed by atoms with Crippen LogP contribution in [-0.4, -0.2) is 21.0 Å². The van der Waals surface area contributed by atoms with Crippen LogP contribution in [0.5, 0.6) is 0 Å². The van der Waals surface area contributed by atoms with Gasteiger partial charge in [-0.2, -0.15) is 0 Å². The van der Waals surface area contributed by atoms with E-state index in [0.29, 0.717) is 18.8 Å². The Balaban J connectivity index is 2.20. The quantitative estimate of drug-likeness (QED) is 0.855. The number of carbonyl (C=O) groups is 1. The number of hydrogen-bond acceptors (Lipinski definition) is 4. The van der Waals surface area contributed by atoms with Crippen molar-refractivity contribution in [1.82, 2.24) is 9.97 Å². The second kappa shape index (κ2) is 7.02. The fraction of sp³-hybridized carbons (Fsp3) is 0.353. The molecule has 0 spiro atoms. The molecule has 3 N–H and O–H groups in total. The molecule has 0 amide bonds. The Morgan fingerprint density at radius 1 is 1.23 bits per heavy atom. The molecule has 22 heavy (non-hydrogen) atoms. The van der Waals surface area contributed by atoms with E-state index in [9.17, 15) is 9.90 Å². The third-order valence-electron chi connectivity index (χ3n) is 3.52. The first-order valence-corrected chi connectivity index (χ1v) is 7.35. The van der Waals surface area contributed by atoms with Gasteiger partial charge in [0.05, 0.1) is 5.92 Å². The van der Waals surface area contributed by atoms with Crippen molar-refractivity contribution in [1.29, 1.82) is 0 Å². The van der Waals surface area contributed by atoms with Gasteiger partial charge in [0.25, 0.3) is 0 Å². The molecule has 1 unspecified atom stereocenters. The Labute approximate surface area is 130 Å². The summed E-state index contributed by atoms with van der Waals surface area (Å²) in [5, 5.41) is 9.37. The zero-order chi connectivity index (χ0) is 16.1. The molecular formula is C17H21N3O2. The standard InChI is InChI=1S/C17H21N3O2/c1-11(2)6-14(16(21)22)8-12-4-3-5-13(7-12)15-9-19-17(18)20-10-15/h3-5,7,9-11,14H,6,8H2,1-2H3,(H,21,22)(H2,18,19,20). The number of carboxylic acid groups (broad SMARTS) is 1. The Hall–Kier alpha value is -2.43. The minimum absolute atomic E-state index is 0.239. The van der Waals surface area contributed by atoms with Gasteiger partial charge in [0.2, 0.25) is 5.95 Å². The summed E-state index contributed by atoms with van der Waals surface area (Å²) in [6.45, 7) is 4.08. The maximum atomic E-state index is 11.4. The number of nitrogens with zero attached hydrogens (tertiary/aromatic N) is 2. The molecule has 0 saturated carbocycles. The summed E-state index contributed by atoms with van der Waals surface area (Å²) in [7, 11) is 0. The molecule has 1 aromatic heterocycles. The molecule has 0 aliphatic rings. The second-order valence-electron chi connectivity index (χ2n) is 5.90. The van der Waals surface area contributed by atoms with E-state index >= 15 is 0 Å². The molecule has 5 heteroatoms. The predicted octanol–water partition coefficient (Wildman–Crippen LogP) is 3.02. The van der Waals surface area contributed by atoms with Crippen LogP contribution in [0.3, 0.4) is 0 Å². The summed E-state index contributed by atoms with van der Waals surface area (Å²) >= 11 is 0. The maximum absolute atomic E-state index is 11.4. The van der Waals surface area contributed by atoms with E-state index in [0.717, 1.165) is 16.7 Å². The molecule has 0 fully saturated rings. The highest BCUT2D eigenvalue weighted by Crippen LogP contribution is 2.23. The van der Waals surface area contributed by atoms with Crippen LogP contribution in [0.4, 0.5) is 5.95 Å². The van der Waals surface area contributed by atoms with Crippen LogP contribution in [0.1, 0.15) is 25.8 Å². The van der Waals surface area contributed by atoms with E-state index in [-0.39, 0.29) is 11.9 Å². The van der Waals surface area contributed by atoms with Gasteiger partial charge in [-0.25, -0.2) is 9.97 Å². The number of aromatic nitrogens is 2. The van der Waals surface area contributed by atoms with E-state index in [1.165, 1.54) is 0 Å². The van der Waals surface area contributed by atoms with E-state index in [1.54, 1.807) is 12.4 Å². The molecular weight excluding hydrogens is 278 g/mol. The van der Waals surface area contributed by atoms with Crippen LogP contribution in [0.25, 0.3) is 11.1 Å². The molecule has 5 nitrogen and oxygen atoms in total. The molecule has 116 valence electrons. The molecule has 0 aliphatic carbocycles. The number of benzene rings is 1. The minimum Gasteiger partial charge on any atom is -0.481 e. The molecule has 0 aliphatic heterocycles. The first-order valence-electron chi connectivity index (χ1n) is 7.35. The van der Waals surface area contributed by atoms with Crippen LogP contribution >= 0.6 is 0 Å². The first kappa shape index (κ1) is 15.9. The molecule has 1 heterocycles. The lowest BCUT2D eigenvalue weighted by atomic mass is 9.90. The van der Waals surface area contributed by atoms with Crippen molar-refractivity contribution < 1.29 is 9.90 Å². The van der Waals surface area contributed by atoms with Gasteiger partial charge in [0.15, 0.2) is 0 Å². The topological polar surface area (TPSA) is 89.1 Å². The number of aliphatic carboxylic acids is 1. The van der Waals surface area contributed by atoms with Crippen LogP contribution < -0.4 is 5.73 Å². The maximum Gasteiger partial charge on any atom is 0.306 e. The summed E-state index contributed by atoms with van der Waals surface area (Å²) in [4.78, 5) is 19.4. The van der Waals surface area contributed by atoms with Gasteiger partial charge >= 0.3 is 5.97 Å². The highest BCUT2D eigenvalue weighted by atomic mass is 16.4. The summed E-state index contributed by atoms with van der Waals surface area (Å²) in [5.41, 5.74) is 8.33. The number of hydrogen-bond donors (Lipinski definition) is 2. The smallest absolute Gasteiger partial charge is 0.306 e. The van der Waals surface area contributed by atoms with Gasteiger partial charge in [-0.3, -0.25) is 4.79 Å². The Bertz CT molecular complexity index is 639. The minimum atomic E-state index is -0.741. The van der Waals surface area contributed by atoms with Crippen molar-refractivity contribution in [3.8, 4) is 11.1 Å². The summed E-state index contributed by atoms with van der Waals surface area (Å²) in [6.07, 6.45) is 4.54. The summed E-state index contributed by atoms with van der Waals surface area (Å²) < 4.78 is 0. The van der Waals surface area contributed by atoms with Crippen LogP contribution in [0.2, 0.25) is 0 Å². The third kappa shape index (κ3) is 4.28. The molecule has 0 radical (unpaired) electrons. The third-order valence-corrected chi connectivity index (χ3v) is 3.52. The zero-order valence-corrected chi connectivity index (χ0v) is 12.9. The normalized spacial score (nSPS) is 12.3. The highest BCUT2D eigenvalue weighted by Gasteiger charge is 2.19. The molecule has 2 rings (SSSR count). The van der Waals surface area contributed by atoms with E-state index in [1.807, 2.05) is 38.1 Å². The van der Waals surface area contributed by atoms with Crippen molar-refractivity contribution in [3.05, 3.63) is 42.2 Å². The Morgan fingerprint density at radius 2 is 1.91 bits per heavy atom. The average Bonchev–Trinajstić information content (AvgIpc) is 2.47. The molecule has 0 saturated heterocycles. The lowest BCUT2D eigenvalue weighted by molar-refractivity contribution is -0.142. The lowest BCUT2D eigenvalue weighted by Crippen LogP contribution is -2.18. The van der Waals surface area contributed by atoms with Crippen LogP contribution in [-0.2, 0) is 11.2 Å². The fourth-order valence-electron chi connectivity index (χ4n) is 2.49. The van der Waals surface area contributed by atoms with Gasteiger partial charge in [0.1, 0.15) is 0 Å². The molecule has 1 atom stereocenters. The number of nitrogens with two attached hydrogens (primary N) is 1. The van der Waals surface area contributed by atoms with Gasteiger partial charge in [-0.15, -0.1) is 0 Å². The second-order valence-corrected chi connectivity index (χ2v) is 5.90. The molecule has 0 bridgehead atoms. The van der Waals surface area contributed by atoms with Crippen molar-refractivity contribution in [2.75, 3.05) is 5.73 Å². The van der Waals surface area contributed by atoms with E-state index in [2.05, 4.69) is 9.97 Å². The van der Waals surface area contributed by atoms with E-state index < -0.39 is 5.97 Å². The highest BCUT2D eigenvalue weighted by molar-refractivity contribution is 5.70. The van der Waals surface area contributed by atoms with Crippen molar-refractivity contribution in [2.45, 2.75) is 26.7 Å².